The van der Waals surface area contributed by atoms with Gasteiger partial charge in [0.1, 0.15) is 0 Å². The molecule has 0 radical (unpaired) electrons. The Hall–Kier alpha value is -0.120. The van der Waals surface area contributed by atoms with Crippen LogP contribution < -0.4 is 5.32 Å². The third-order valence-corrected chi connectivity index (χ3v) is 4.33. The summed E-state index contributed by atoms with van der Waals surface area (Å²) in [6, 6.07) is 0.873. The van der Waals surface area contributed by atoms with Gasteiger partial charge in [0.15, 0.2) is 0 Å². The first kappa shape index (κ1) is 11.0. The van der Waals surface area contributed by atoms with Gasteiger partial charge in [-0.1, -0.05) is 0 Å². The molecule has 1 aliphatic carbocycles. The maximum atomic E-state index is 5.44. The summed E-state index contributed by atoms with van der Waals surface area (Å²) in [6.07, 6.45) is 6.73. The number of hydrogen-bond donors (Lipinski definition) is 1. The third kappa shape index (κ3) is 2.58. The summed E-state index contributed by atoms with van der Waals surface area (Å²) in [5, 5.41) is 3.58. The van der Waals surface area contributed by atoms with E-state index in [-0.39, 0.29) is 0 Å². The average molecular weight is 224 g/mol. The number of ether oxygens (including phenoxy) is 1. The highest BCUT2D eigenvalue weighted by molar-refractivity contribution is 4.96. The van der Waals surface area contributed by atoms with Crippen molar-refractivity contribution in [3.05, 3.63) is 0 Å². The quantitative estimate of drug-likeness (QED) is 0.711. The minimum Gasteiger partial charge on any atom is -0.381 e. The van der Waals surface area contributed by atoms with Crippen molar-refractivity contribution in [3.63, 3.8) is 0 Å². The zero-order chi connectivity index (χ0) is 10.8. The van der Waals surface area contributed by atoms with Crippen LogP contribution in [0.15, 0.2) is 0 Å². The number of rotatable bonds is 5. The standard InChI is InChI=1S/C13H24N2O/c1(6-14-12-2-3-12)7-15-10-13(11-15)4-8-16-9-5-13/h12,14H,1-11H2. The van der Waals surface area contributed by atoms with Crippen molar-refractivity contribution in [3.8, 4) is 0 Å². The summed E-state index contributed by atoms with van der Waals surface area (Å²) in [4.78, 5) is 2.62. The summed E-state index contributed by atoms with van der Waals surface area (Å²) in [7, 11) is 0. The van der Waals surface area contributed by atoms with Crippen molar-refractivity contribution in [1.29, 1.82) is 0 Å². The van der Waals surface area contributed by atoms with Gasteiger partial charge < -0.3 is 15.0 Å². The van der Waals surface area contributed by atoms with Crippen LogP contribution in [0.2, 0.25) is 0 Å². The van der Waals surface area contributed by atoms with E-state index in [4.69, 9.17) is 4.74 Å². The highest BCUT2D eigenvalue weighted by Crippen LogP contribution is 2.39. The molecular weight excluding hydrogens is 200 g/mol. The van der Waals surface area contributed by atoms with Crippen LogP contribution in [0.1, 0.15) is 32.1 Å². The van der Waals surface area contributed by atoms with Crippen LogP contribution in [-0.4, -0.2) is 50.3 Å². The van der Waals surface area contributed by atoms with Crippen LogP contribution in [0.4, 0.5) is 0 Å². The molecule has 1 N–H and O–H groups in total. The first-order valence-corrected chi connectivity index (χ1v) is 6.90. The molecular formula is C13H24N2O. The molecule has 1 saturated carbocycles. The zero-order valence-electron chi connectivity index (χ0n) is 10.2. The number of nitrogens with one attached hydrogen (secondary N) is 1. The Balaban J connectivity index is 1.27. The highest BCUT2D eigenvalue weighted by Gasteiger charge is 2.43. The van der Waals surface area contributed by atoms with Crippen molar-refractivity contribution >= 4 is 0 Å². The van der Waals surface area contributed by atoms with E-state index in [1.54, 1.807) is 0 Å². The van der Waals surface area contributed by atoms with Gasteiger partial charge in [0, 0.05) is 37.8 Å². The molecule has 3 heteroatoms. The van der Waals surface area contributed by atoms with Gasteiger partial charge in [0.05, 0.1) is 0 Å². The molecule has 0 bridgehead atoms. The molecule has 0 aromatic rings. The fraction of sp³-hybridized carbons (Fsp3) is 1.00. The number of likely N-dealkylation sites (tertiary alicyclic amines) is 1. The lowest BCUT2D eigenvalue weighted by Gasteiger charge is -2.52. The molecule has 3 aliphatic rings. The molecule has 2 aliphatic heterocycles. The van der Waals surface area contributed by atoms with Gasteiger partial charge in [-0.2, -0.15) is 0 Å². The molecule has 2 heterocycles. The second-order valence-corrected chi connectivity index (χ2v) is 5.90. The van der Waals surface area contributed by atoms with E-state index in [1.807, 2.05) is 0 Å². The minimum atomic E-state index is 0.655. The molecule has 0 aromatic heterocycles. The molecule has 16 heavy (non-hydrogen) atoms. The van der Waals surface area contributed by atoms with Gasteiger partial charge >= 0.3 is 0 Å². The Morgan fingerprint density at radius 2 is 1.94 bits per heavy atom. The minimum absolute atomic E-state index is 0.655. The van der Waals surface area contributed by atoms with Crippen molar-refractivity contribution in [1.82, 2.24) is 10.2 Å². The van der Waals surface area contributed by atoms with Crippen molar-refractivity contribution in [2.24, 2.45) is 5.41 Å². The predicted molar refractivity (Wildman–Crippen MR) is 64.6 cm³/mol. The molecule has 2 saturated heterocycles. The SMILES string of the molecule is C(CNC1CC1)CN1CC2(CCOCC2)C1. The maximum Gasteiger partial charge on any atom is 0.0472 e. The summed E-state index contributed by atoms with van der Waals surface area (Å²) >= 11 is 0. The molecule has 3 rings (SSSR count). The molecule has 0 aromatic carbocycles. The molecule has 1 spiro atoms. The monoisotopic (exact) mass is 224 g/mol. The summed E-state index contributed by atoms with van der Waals surface area (Å²) < 4.78 is 5.44. The van der Waals surface area contributed by atoms with Gasteiger partial charge in [-0.3, -0.25) is 0 Å². The maximum absolute atomic E-state index is 5.44. The molecule has 92 valence electrons. The lowest BCUT2D eigenvalue weighted by Crippen LogP contribution is -2.58. The first-order chi connectivity index (χ1) is 7.86. The van der Waals surface area contributed by atoms with Gasteiger partial charge in [0.25, 0.3) is 0 Å². The van der Waals surface area contributed by atoms with E-state index in [1.165, 1.54) is 58.3 Å². The molecule has 3 nitrogen and oxygen atoms in total. The Labute approximate surface area is 98.5 Å². The largest absolute Gasteiger partial charge is 0.381 e. The third-order valence-electron chi connectivity index (χ3n) is 4.33. The predicted octanol–water partition coefficient (Wildman–Crippen LogP) is 1.24. The van der Waals surface area contributed by atoms with Crippen LogP contribution >= 0.6 is 0 Å². The smallest absolute Gasteiger partial charge is 0.0472 e. The van der Waals surface area contributed by atoms with E-state index in [0.29, 0.717) is 5.41 Å². The average Bonchev–Trinajstić information content (AvgIpc) is 3.07. The second kappa shape index (κ2) is 4.63. The first-order valence-electron chi connectivity index (χ1n) is 6.90. The van der Waals surface area contributed by atoms with Gasteiger partial charge in [-0.25, -0.2) is 0 Å². The summed E-state index contributed by atoms with van der Waals surface area (Å²) in [5.41, 5.74) is 0.655. The molecule has 0 amide bonds. The lowest BCUT2D eigenvalue weighted by atomic mass is 9.73. The molecule has 3 fully saturated rings. The van der Waals surface area contributed by atoms with Crippen LogP contribution in [0.5, 0.6) is 0 Å². The Bertz CT molecular complexity index is 226. The Kier molecular flexibility index (Phi) is 3.18. The van der Waals surface area contributed by atoms with Gasteiger partial charge in [-0.05, 0) is 45.2 Å². The van der Waals surface area contributed by atoms with Crippen molar-refractivity contribution in [2.75, 3.05) is 39.4 Å². The topological polar surface area (TPSA) is 24.5 Å². The van der Waals surface area contributed by atoms with Crippen LogP contribution in [0.25, 0.3) is 0 Å². The van der Waals surface area contributed by atoms with Gasteiger partial charge in [0.2, 0.25) is 0 Å². The highest BCUT2D eigenvalue weighted by atomic mass is 16.5. The second-order valence-electron chi connectivity index (χ2n) is 5.90. The fourth-order valence-corrected chi connectivity index (χ4v) is 3.08. The Morgan fingerprint density at radius 3 is 2.62 bits per heavy atom. The van der Waals surface area contributed by atoms with E-state index >= 15 is 0 Å². The van der Waals surface area contributed by atoms with Crippen molar-refractivity contribution < 1.29 is 4.74 Å². The number of hydrogen-bond acceptors (Lipinski definition) is 3. The fourth-order valence-electron chi connectivity index (χ4n) is 3.08. The summed E-state index contributed by atoms with van der Waals surface area (Å²) in [5.74, 6) is 0. The zero-order valence-corrected chi connectivity index (χ0v) is 10.2. The Morgan fingerprint density at radius 1 is 1.19 bits per heavy atom. The van der Waals surface area contributed by atoms with E-state index in [0.717, 1.165) is 19.3 Å². The van der Waals surface area contributed by atoms with Crippen LogP contribution in [0.3, 0.4) is 0 Å². The van der Waals surface area contributed by atoms with E-state index in [9.17, 15) is 0 Å². The summed E-state index contributed by atoms with van der Waals surface area (Å²) in [6.45, 7) is 7.17. The van der Waals surface area contributed by atoms with Crippen LogP contribution in [-0.2, 0) is 4.74 Å². The number of nitrogens with zero attached hydrogens (tertiary/aromatic N) is 1. The molecule has 0 unspecified atom stereocenters. The van der Waals surface area contributed by atoms with Gasteiger partial charge in [-0.15, -0.1) is 0 Å². The van der Waals surface area contributed by atoms with E-state index < -0.39 is 0 Å². The molecule has 0 atom stereocenters. The van der Waals surface area contributed by atoms with Crippen molar-refractivity contribution in [2.45, 2.75) is 38.1 Å². The van der Waals surface area contributed by atoms with E-state index in [2.05, 4.69) is 10.2 Å². The normalized spacial score (nSPS) is 29.2. The lowest BCUT2D eigenvalue weighted by molar-refractivity contribution is -0.0804. The van der Waals surface area contributed by atoms with Crippen LogP contribution in [0, 0.1) is 5.41 Å².